The van der Waals surface area contributed by atoms with Crippen LogP contribution in [0.4, 0.5) is 23.3 Å². The number of anilines is 3. The molecule has 2 aromatic carbocycles. The number of hydroxylamine groups is 2. The molecule has 6 rings (SSSR count). The third-order valence-electron chi connectivity index (χ3n) is 13.7. The Morgan fingerprint density at radius 2 is 1.45 bits per heavy atom. The van der Waals surface area contributed by atoms with Crippen molar-refractivity contribution in [3.05, 3.63) is 95.0 Å². The topological polar surface area (TPSA) is 322 Å². The molecule has 0 spiro atoms. The van der Waals surface area contributed by atoms with Crippen molar-refractivity contribution in [3.63, 3.8) is 0 Å². The van der Waals surface area contributed by atoms with Crippen LogP contribution >= 0.6 is 11.6 Å². The monoisotopic (exact) mass is 1190 g/mol. The van der Waals surface area contributed by atoms with Crippen molar-refractivity contribution in [3.8, 4) is 0 Å². The van der Waals surface area contributed by atoms with Crippen molar-refractivity contribution in [2.24, 2.45) is 0 Å². The van der Waals surface area contributed by atoms with E-state index in [0.29, 0.717) is 79.9 Å². The van der Waals surface area contributed by atoms with E-state index in [4.69, 9.17) is 29.1 Å². The van der Waals surface area contributed by atoms with E-state index < -0.39 is 59.8 Å². The number of hydrogen-bond donors (Lipinski definition) is 5. The van der Waals surface area contributed by atoms with Gasteiger partial charge in [-0.2, -0.15) is 36.4 Å². The Morgan fingerprint density at radius 1 is 0.800 bits per heavy atom. The Balaban J connectivity index is 0.00000284. The first kappa shape index (κ1) is 64.4. The van der Waals surface area contributed by atoms with Crippen molar-refractivity contribution in [1.29, 1.82) is 0 Å². The summed E-state index contributed by atoms with van der Waals surface area (Å²) in [5.41, 5.74) is 4.75. The summed E-state index contributed by atoms with van der Waals surface area (Å²) in [5.74, 6) is -1.51. The SMILES string of the molecule is CCCCN1C(=CC=CC=CC2=[N+](CCCS(=O)(=O)O)c3ccc(S(=O)(=O)O)cc3C2(C)C)C(C)(CCCCCC(=O)NCCCNc2nc(Cl)nc(NCCCCCC(=O)ON3C(=O)CCC3=O)n2)c2ccccc21.O=S(=O)=O. The molecular formula is C53H71ClN9O14S3+. The van der Waals surface area contributed by atoms with Crippen LogP contribution in [0.5, 0.6) is 0 Å². The molecule has 1 aromatic heterocycles. The number of fused-ring (bicyclic) bond motifs is 2. The predicted molar refractivity (Wildman–Crippen MR) is 300 cm³/mol. The lowest BCUT2D eigenvalue weighted by Crippen LogP contribution is -2.31. The molecule has 3 amide bonds. The number of nitrogens with one attached hydrogen (secondary N) is 3. The van der Waals surface area contributed by atoms with Gasteiger partial charge in [0.05, 0.1) is 16.1 Å². The molecule has 1 atom stereocenters. The molecule has 80 heavy (non-hydrogen) atoms. The highest BCUT2D eigenvalue weighted by Gasteiger charge is 2.45. The van der Waals surface area contributed by atoms with E-state index in [-0.39, 0.29) is 53.7 Å². The molecule has 4 heterocycles. The molecular weight excluding hydrogens is 1120 g/mol. The van der Waals surface area contributed by atoms with Crippen LogP contribution in [-0.2, 0) is 65.7 Å². The largest absolute Gasteiger partial charge is 0.425 e. The minimum Gasteiger partial charge on any atom is -0.356 e. The molecule has 0 saturated carbocycles. The smallest absolute Gasteiger partial charge is 0.356 e. The van der Waals surface area contributed by atoms with E-state index in [0.717, 1.165) is 50.8 Å². The standard InChI is InChI=1S/C53H70ClN9O11S2.O3S/c1-5-6-34-62-41-21-15-14-20-39(41)53(4,44(62)23-11-7-10-22-43-52(2,3)40-37-38(76(71,72)73)26-27-42(40)61(43)35-19-36-75(68,69)70)30-16-8-12-24-45(64)55-32-18-33-57-51-59-49(54)58-50(60-51)56-31-17-9-13-25-48(67)74-63-46(65)28-29-47(63)66;1-4(2)3/h7,10-11,14-15,20-23,26-27,37H,5-6,8-9,12-13,16-19,24-25,28-36H2,1-4H3,(H4-,55,56,57,58,59,60,64,68,69,70,71,72,73);/p+1. The maximum Gasteiger partial charge on any atom is 0.425 e. The fourth-order valence-corrected chi connectivity index (χ4v) is 10.9. The van der Waals surface area contributed by atoms with Gasteiger partial charge in [0.25, 0.3) is 32.1 Å². The van der Waals surface area contributed by atoms with Gasteiger partial charge in [-0.3, -0.25) is 23.5 Å². The van der Waals surface area contributed by atoms with Gasteiger partial charge in [-0.05, 0) is 101 Å². The van der Waals surface area contributed by atoms with Gasteiger partial charge in [0.1, 0.15) is 6.54 Å². The molecule has 1 unspecified atom stereocenters. The Bertz CT molecular complexity index is 3190. The van der Waals surface area contributed by atoms with Crippen molar-refractivity contribution >= 4 is 95.1 Å². The number of amides is 3. The number of rotatable bonds is 30. The summed E-state index contributed by atoms with van der Waals surface area (Å²) < 4.78 is 93.9. The van der Waals surface area contributed by atoms with E-state index in [1.807, 2.05) is 42.7 Å². The summed E-state index contributed by atoms with van der Waals surface area (Å²) in [6, 6.07) is 12.9. The number of benzene rings is 2. The molecule has 0 radical (unpaired) electrons. The van der Waals surface area contributed by atoms with Crippen LogP contribution in [0.25, 0.3) is 0 Å². The maximum absolute atomic E-state index is 12.9. The maximum atomic E-state index is 12.9. The summed E-state index contributed by atoms with van der Waals surface area (Å²) in [5, 5.41) is 9.79. The molecule has 436 valence electrons. The number of hydrogen-bond acceptors (Lipinski definition) is 18. The molecule has 1 saturated heterocycles. The summed E-state index contributed by atoms with van der Waals surface area (Å²) in [7, 11) is -11.8. The Morgan fingerprint density at radius 3 is 2.11 bits per heavy atom. The number of nitrogens with zero attached hydrogens (tertiary/aromatic N) is 6. The molecule has 0 aliphatic carbocycles. The second-order valence-electron chi connectivity index (χ2n) is 20.0. The van der Waals surface area contributed by atoms with Crippen LogP contribution in [0, 0.1) is 0 Å². The average Bonchev–Trinajstić information content (AvgIpc) is 4.11. The second-order valence-corrected chi connectivity index (χ2v) is 23.8. The Hall–Kier alpha value is -6.45. The van der Waals surface area contributed by atoms with Crippen molar-refractivity contribution in [2.75, 3.05) is 54.0 Å². The number of unbranched alkanes of at least 4 members (excludes halogenated alkanes) is 5. The van der Waals surface area contributed by atoms with Gasteiger partial charge in [-0.25, -0.2) is 4.79 Å². The zero-order valence-corrected chi connectivity index (χ0v) is 48.6. The van der Waals surface area contributed by atoms with Gasteiger partial charge in [0.2, 0.25) is 28.8 Å². The minimum atomic E-state index is -4.47. The van der Waals surface area contributed by atoms with Crippen LogP contribution in [0.2, 0.25) is 5.28 Å². The third kappa shape index (κ3) is 18.8. The van der Waals surface area contributed by atoms with Gasteiger partial charge in [0, 0.05) is 92.8 Å². The number of carbonyl (C=O) groups is 4. The number of para-hydroxylation sites is 1. The Labute approximate surface area is 473 Å². The van der Waals surface area contributed by atoms with E-state index in [9.17, 15) is 45.1 Å². The first-order valence-corrected chi connectivity index (χ1v) is 30.9. The predicted octanol–water partition coefficient (Wildman–Crippen LogP) is 7.14. The van der Waals surface area contributed by atoms with Crippen molar-refractivity contribution in [1.82, 2.24) is 25.3 Å². The van der Waals surface area contributed by atoms with Gasteiger partial charge < -0.3 is 25.7 Å². The Kier molecular flexibility index (Phi) is 24.0. The van der Waals surface area contributed by atoms with Gasteiger partial charge in [-0.1, -0.05) is 69.0 Å². The lowest BCUT2D eigenvalue weighted by atomic mass is 9.77. The highest BCUT2D eigenvalue weighted by Crippen LogP contribution is 2.51. The number of carbonyl (C=O) groups excluding carboxylic acids is 4. The number of allylic oxidation sites excluding steroid dienone is 6. The summed E-state index contributed by atoms with van der Waals surface area (Å²) in [6.07, 6.45) is 18.6. The van der Waals surface area contributed by atoms with Crippen LogP contribution < -0.4 is 20.9 Å². The number of aromatic nitrogens is 3. The highest BCUT2D eigenvalue weighted by molar-refractivity contribution is 7.86. The second kappa shape index (κ2) is 29.8. The van der Waals surface area contributed by atoms with Crippen LogP contribution in [-0.4, -0.2) is 131 Å². The molecule has 23 nitrogen and oxygen atoms in total. The van der Waals surface area contributed by atoms with E-state index in [1.165, 1.54) is 29.1 Å². The average molecular weight is 1190 g/mol. The van der Waals surface area contributed by atoms with E-state index in [1.54, 1.807) is 6.07 Å². The summed E-state index contributed by atoms with van der Waals surface area (Å²) in [6.45, 7) is 10.9. The van der Waals surface area contributed by atoms with Gasteiger partial charge in [0.15, 0.2) is 5.71 Å². The normalized spacial score (nSPS) is 17.3. The number of imide groups is 1. The first-order chi connectivity index (χ1) is 37.8. The zero-order valence-electron chi connectivity index (χ0n) is 45.4. The highest BCUT2D eigenvalue weighted by atomic mass is 35.5. The lowest BCUT2D eigenvalue weighted by molar-refractivity contribution is -0.437. The first-order valence-electron chi connectivity index (χ1n) is 26.5. The van der Waals surface area contributed by atoms with Crippen molar-refractivity contribution in [2.45, 2.75) is 140 Å². The molecule has 1 fully saturated rings. The number of halogens is 1. The summed E-state index contributed by atoms with van der Waals surface area (Å²) >= 11 is 6.15. The van der Waals surface area contributed by atoms with E-state index in [2.05, 4.69) is 80.0 Å². The molecule has 27 heteroatoms. The third-order valence-corrected chi connectivity index (χ3v) is 15.6. The molecule has 5 N–H and O–H groups in total. The van der Waals surface area contributed by atoms with Gasteiger partial charge in [-0.15, -0.1) is 17.7 Å². The molecule has 0 bridgehead atoms. The quantitative estimate of drug-likeness (QED) is 0.0145. The van der Waals surface area contributed by atoms with Crippen LogP contribution in [0.15, 0.2) is 83.4 Å². The fourth-order valence-electron chi connectivity index (χ4n) is 9.78. The van der Waals surface area contributed by atoms with Crippen LogP contribution in [0.1, 0.15) is 135 Å². The van der Waals surface area contributed by atoms with Crippen LogP contribution in [0.3, 0.4) is 0 Å². The summed E-state index contributed by atoms with van der Waals surface area (Å²) in [4.78, 5) is 67.8. The fraction of sp³-hybridized carbons (Fsp3) is 0.509. The van der Waals surface area contributed by atoms with Crippen molar-refractivity contribution < 1.29 is 67.2 Å². The van der Waals surface area contributed by atoms with E-state index >= 15 is 0 Å². The molecule has 3 aliphatic heterocycles. The minimum absolute atomic E-state index is 0.0141. The van der Waals surface area contributed by atoms with Gasteiger partial charge >= 0.3 is 16.6 Å². The lowest BCUT2D eigenvalue weighted by Gasteiger charge is -2.30. The molecule has 3 aromatic rings. The zero-order chi connectivity index (χ0) is 58.7. The molecule has 3 aliphatic rings.